The van der Waals surface area contributed by atoms with Gasteiger partial charge in [0, 0.05) is 5.33 Å². The zero-order valence-electron chi connectivity index (χ0n) is 8.81. The van der Waals surface area contributed by atoms with Crippen molar-refractivity contribution in [1.29, 1.82) is 0 Å². The molecule has 4 nitrogen and oxygen atoms in total. The first-order valence-electron chi connectivity index (χ1n) is 4.92. The molecule has 0 heterocycles. The van der Waals surface area contributed by atoms with Crippen LogP contribution in [0.2, 0.25) is 5.02 Å². The third-order valence-electron chi connectivity index (χ3n) is 2.33. The number of carboxylic acids is 1. The Kier molecular flexibility index (Phi) is 5.39. The summed E-state index contributed by atoms with van der Waals surface area (Å²) in [5.41, 5.74) is 0.245. The van der Waals surface area contributed by atoms with Gasteiger partial charge in [-0.25, -0.2) is 4.79 Å². The van der Waals surface area contributed by atoms with E-state index in [2.05, 4.69) is 15.9 Å². The van der Waals surface area contributed by atoms with Gasteiger partial charge in [-0.05, 0) is 24.1 Å². The highest BCUT2D eigenvalue weighted by molar-refractivity contribution is 9.09. The average Bonchev–Trinajstić information content (AvgIpc) is 2.28. The van der Waals surface area contributed by atoms with Crippen LogP contribution in [-0.4, -0.2) is 32.7 Å². The molecule has 1 aromatic rings. The standard InChI is InChI=1S/C11H12BrClO4/c12-4-3-9(14)10(15)6-1-2-8(13)7(5-6)11(16)17/h1-2,5,9-10,14-15H,3-4H2,(H,16,17). The quantitative estimate of drug-likeness (QED) is 0.726. The van der Waals surface area contributed by atoms with E-state index in [9.17, 15) is 15.0 Å². The van der Waals surface area contributed by atoms with Crippen LogP contribution in [0, 0.1) is 0 Å². The van der Waals surface area contributed by atoms with Gasteiger partial charge in [-0.1, -0.05) is 33.6 Å². The van der Waals surface area contributed by atoms with E-state index in [4.69, 9.17) is 16.7 Å². The summed E-state index contributed by atoms with van der Waals surface area (Å²) in [6.07, 6.45) is -1.70. The second kappa shape index (κ2) is 6.35. The average molecular weight is 324 g/mol. The van der Waals surface area contributed by atoms with Crippen molar-refractivity contribution in [3.8, 4) is 0 Å². The highest BCUT2D eigenvalue weighted by Crippen LogP contribution is 2.24. The summed E-state index contributed by atoms with van der Waals surface area (Å²) in [6, 6.07) is 4.16. The Morgan fingerprint density at radius 1 is 1.41 bits per heavy atom. The lowest BCUT2D eigenvalue weighted by Crippen LogP contribution is -2.19. The number of alkyl halides is 1. The molecule has 0 aromatic heterocycles. The predicted octanol–water partition coefficient (Wildman–Crippen LogP) is 2.22. The van der Waals surface area contributed by atoms with Crippen molar-refractivity contribution in [2.75, 3.05) is 5.33 Å². The van der Waals surface area contributed by atoms with Crippen molar-refractivity contribution >= 4 is 33.5 Å². The molecule has 2 unspecified atom stereocenters. The minimum atomic E-state index is -1.17. The zero-order valence-corrected chi connectivity index (χ0v) is 11.1. The molecule has 0 aliphatic carbocycles. The lowest BCUT2D eigenvalue weighted by Gasteiger charge is -2.17. The number of aliphatic hydroxyl groups excluding tert-OH is 2. The molecule has 1 aromatic carbocycles. The van der Waals surface area contributed by atoms with Crippen LogP contribution in [0.25, 0.3) is 0 Å². The van der Waals surface area contributed by atoms with Crippen LogP contribution in [0.1, 0.15) is 28.4 Å². The van der Waals surface area contributed by atoms with Crippen LogP contribution in [0.4, 0.5) is 0 Å². The molecule has 0 amide bonds. The second-order valence-corrected chi connectivity index (χ2v) is 4.73. The smallest absolute Gasteiger partial charge is 0.337 e. The van der Waals surface area contributed by atoms with Crippen LogP contribution in [-0.2, 0) is 0 Å². The van der Waals surface area contributed by atoms with Gasteiger partial charge in [0.05, 0.1) is 16.7 Å². The lowest BCUT2D eigenvalue weighted by atomic mass is 10.0. The Bertz CT molecular complexity index is 410. The Labute approximate surface area is 112 Å². The maximum atomic E-state index is 10.9. The van der Waals surface area contributed by atoms with Gasteiger partial charge in [-0.3, -0.25) is 0 Å². The van der Waals surface area contributed by atoms with Crippen molar-refractivity contribution in [1.82, 2.24) is 0 Å². The Balaban J connectivity index is 2.99. The molecule has 2 atom stereocenters. The van der Waals surface area contributed by atoms with Crippen LogP contribution in [0.3, 0.4) is 0 Å². The summed E-state index contributed by atoms with van der Waals surface area (Å²) >= 11 is 8.86. The molecule has 0 fully saturated rings. The number of rotatable bonds is 5. The van der Waals surface area contributed by atoms with Gasteiger partial charge in [0.15, 0.2) is 0 Å². The summed E-state index contributed by atoms with van der Waals surface area (Å²) in [7, 11) is 0. The Hall–Kier alpha value is -0.620. The van der Waals surface area contributed by atoms with E-state index in [1.807, 2.05) is 0 Å². The van der Waals surface area contributed by atoms with Gasteiger partial charge in [0.2, 0.25) is 0 Å². The number of hydrogen-bond donors (Lipinski definition) is 3. The third kappa shape index (κ3) is 3.67. The lowest BCUT2D eigenvalue weighted by molar-refractivity contribution is 0.0173. The molecule has 0 saturated carbocycles. The first-order valence-corrected chi connectivity index (χ1v) is 6.42. The monoisotopic (exact) mass is 322 g/mol. The van der Waals surface area contributed by atoms with Gasteiger partial charge >= 0.3 is 5.97 Å². The fourth-order valence-electron chi connectivity index (χ4n) is 1.38. The summed E-state index contributed by atoms with van der Waals surface area (Å²) in [5, 5.41) is 28.9. The number of carboxylic acid groups (broad SMARTS) is 1. The molecule has 0 aliphatic rings. The minimum absolute atomic E-state index is 0.0886. The van der Waals surface area contributed by atoms with E-state index in [1.54, 1.807) is 0 Å². The van der Waals surface area contributed by atoms with Gasteiger partial charge < -0.3 is 15.3 Å². The van der Waals surface area contributed by atoms with Crippen molar-refractivity contribution in [3.05, 3.63) is 34.3 Å². The molecular weight excluding hydrogens is 311 g/mol. The highest BCUT2D eigenvalue weighted by atomic mass is 79.9. The Morgan fingerprint density at radius 3 is 2.59 bits per heavy atom. The van der Waals surface area contributed by atoms with Crippen LogP contribution in [0.15, 0.2) is 18.2 Å². The van der Waals surface area contributed by atoms with Crippen molar-refractivity contribution in [2.45, 2.75) is 18.6 Å². The van der Waals surface area contributed by atoms with E-state index in [1.165, 1.54) is 18.2 Å². The van der Waals surface area contributed by atoms with E-state index < -0.39 is 18.2 Å². The molecule has 17 heavy (non-hydrogen) atoms. The predicted molar refractivity (Wildman–Crippen MR) is 67.8 cm³/mol. The van der Waals surface area contributed by atoms with Gasteiger partial charge in [0.25, 0.3) is 0 Å². The molecule has 0 spiro atoms. The van der Waals surface area contributed by atoms with E-state index in [-0.39, 0.29) is 10.6 Å². The van der Waals surface area contributed by atoms with E-state index >= 15 is 0 Å². The van der Waals surface area contributed by atoms with Gasteiger partial charge in [0.1, 0.15) is 6.10 Å². The zero-order chi connectivity index (χ0) is 13.0. The molecule has 94 valence electrons. The first kappa shape index (κ1) is 14.4. The van der Waals surface area contributed by atoms with E-state index in [0.29, 0.717) is 17.3 Å². The molecule has 3 N–H and O–H groups in total. The molecule has 1 rings (SSSR count). The van der Waals surface area contributed by atoms with Gasteiger partial charge in [-0.2, -0.15) is 0 Å². The number of halogens is 2. The summed E-state index contributed by atoms with van der Waals surface area (Å²) in [4.78, 5) is 10.9. The second-order valence-electron chi connectivity index (χ2n) is 3.53. The van der Waals surface area contributed by atoms with Crippen molar-refractivity contribution in [3.63, 3.8) is 0 Å². The van der Waals surface area contributed by atoms with Crippen LogP contribution in [0.5, 0.6) is 0 Å². The maximum Gasteiger partial charge on any atom is 0.337 e. The Morgan fingerprint density at radius 2 is 2.06 bits per heavy atom. The molecule has 0 bridgehead atoms. The van der Waals surface area contributed by atoms with Gasteiger partial charge in [-0.15, -0.1) is 0 Å². The SMILES string of the molecule is O=C(O)c1cc(C(O)C(O)CCBr)ccc1Cl. The van der Waals surface area contributed by atoms with E-state index in [0.717, 1.165) is 0 Å². The molecule has 0 aliphatic heterocycles. The van der Waals surface area contributed by atoms with Crippen molar-refractivity contribution < 1.29 is 20.1 Å². The van der Waals surface area contributed by atoms with Crippen molar-refractivity contribution in [2.24, 2.45) is 0 Å². The largest absolute Gasteiger partial charge is 0.478 e. The fourth-order valence-corrected chi connectivity index (χ4v) is 2.05. The number of aliphatic hydroxyl groups is 2. The molecule has 0 saturated heterocycles. The topological polar surface area (TPSA) is 77.8 Å². The minimum Gasteiger partial charge on any atom is -0.478 e. The number of hydrogen-bond acceptors (Lipinski definition) is 3. The number of carbonyl (C=O) groups is 1. The highest BCUT2D eigenvalue weighted by Gasteiger charge is 2.20. The molecular formula is C11H12BrClO4. The maximum absolute atomic E-state index is 10.9. The molecule has 0 radical (unpaired) electrons. The summed E-state index contributed by atoms with van der Waals surface area (Å²) < 4.78 is 0. The van der Waals surface area contributed by atoms with Crippen LogP contribution < -0.4 is 0 Å². The van der Waals surface area contributed by atoms with Crippen LogP contribution >= 0.6 is 27.5 Å². The summed E-state index contributed by atoms with van der Waals surface area (Å²) in [6.45, 7) is 0. The number of benzene rings is 1. The number of aromatic carboxylic acids is 1. The third-order valence-corrected chi connectivity index (χ3v) is 3.12. The normalized spacial score (nSPS) is 14.4. The summed E-state index contributed by atoms with van der Waals surface area (Å²) in [5.74, 6) is -1.17. The first-order chi connectivity index (χ1) is 7.97. The fraction of sp³-hybridized carbons (Fsp3) is 0.364. The molecule has 6 heteroatoms.